The van der Waals surface area contributed by atoms with Crippen molar-refractivity contribution >= 4 is 10.8 Å². The lowest BCUT2D eigenvalue weighted by Gasteiger charge is -2.04. The van der Waals surface area contributed by atoms with E-state index in [1.807, 2.05) is 0 Å². The highest BCUT2D eigenvalue weighted by atomic mass is 14.6. The summed E-state index contributed by atoms with van der Waals surface area (Å²) in [5.41, 5.74) is 8.29. The quantitative estimate of drug-likeness (QED) is 0.793. The molecule has 0 aromatic heterocycles. The first kappa shape index (κ1) is 12.7. The smallest absolute Gasteiger partial charge is 0.0668 e. The third kappa shape index (κ3) is 2.72. The Morgan fingerprint density at radius 2 is 1.83 bits per heavy atom. The second-order valence-corrected chi connectivity index (χ2v) is 4.64. The van der Waals surface area contributed by atoms with Crippen LogP contribution in [-0.2, 0) is 0 Å². The van der Waals surface area contributed by atoms with E-state index >= 15 is 0 Å². The van der Waals surface area contributed by atoms with Gasteiger partial charge in [-0.1, -0.05) is 55.5 Å². The lowest BCUT2D eigenvalue weighted by Crippen LogP contribution is -2.16. The first-order valence-electron chi connectivity index (χ1n) is 6.48. The van der Waals surface area contributed by atoms with E-state index in [0.29, 0.717) is 0 Å². The molecule has 0 saturated carbocycles. The molecule has 1 unspecified atom stereocenters. The maximum absolute atomic E-state index is 5.93. The second kappa shape index (κ2) is 5.71. The molecule has 2 N–H and O–H groups in total. The Morgan fingerprint density at radius 1 is 1.11 bits per heavy atom. The summed E-state index contributed by atoms with van der Waals surface area (Å²) in [5.74, 6) is 6.36. The van der Waals surface area contributed by atoms with Crippen LogP contribution in [0.1, 0.15) is 30.9 Å². The summed E-state index contributed by atoms with van der Waals surface area (Å²) in [5, 5.41) is 2.49. The minimum atomic E-state index is -0.0185. The Hall–Kier alpha value is -1.78. The Labute approximate surface area is 109 Å². The highest BCUT2D eigenvalue weighted by molar-refractivity contribution is 5.90. The molecule has 1 atom stereocenters. The highest BCUT2D eigenvalue weighted by Gasteiger charge is 2.01. The maximum Gasteiger partial charge on any atom is 0.0668 e. The van der Waals surface area contributed by atoms with Gasteiger partial charge in [0.2, 0.25) is 0 Å². The monoisotopic (exact) mass is 237 g/mol. The molecule has 2 aromatic rings. The van der Waals surface area contributed by atoms with E-state index in [2.05, 4.69) is 62.1 Å². The van der Waals surface area contributed by atoms with Gasteiger partial charge in [-0.3, -0.25) is 0 Å². The molecule has 0 spiro atoms. The molecule has 92 valence electrons. The van der Waals surface area contributed by atoms with Crippen LogP contribution in [0.2, 0.25) is 0 Å². The molecule has 0 fully saturated rings. The van der Waals surface area contributed by atoms with Crippen molar-refractivity contribution in [1.82, 2.24) is 0 Å². The summed E-state index contributed by atoms with van der Waals surface area (Å²) in [4.78, 5) is 0. The van der Waals surface area contributed by atoms with Crippen LogP contribution in [-0.4, -0.2) is 6.04 Å². The van der Waals surface area contributed by atoms with Crippen molar-refractivity contribution in [2.45, 2.75) is 32.7 Å². The van der Waals surface area contributed by atoms with Crippen molar-refractivity contribution in [1.29, 1.82) is 0 Å². The Balaban J connectivity index is 2.43. The third-order valence-electron chi connectivity index (χ3n) is 3.13. The lowest BCUT2D eigenvalue weighted by molar-refractivity contribution is 0.720. The number of aryl methyl sites for hydroxylation is 1. The predicted octanol–water partition coefficient (Wildman–Crippen LogP) is 3.63. The molecule has 0 saturated heterocycles. The molecule has 0 radical (unpaired) electrons. The first-order valence-corrected chi connectivity index (χ1v) is 6.48. The molecule has 18 heavy (non-hydrogen) atoms. The van der Waals surface area contributed by atoms with E-state index in [4.69, 9.17) is 5.73 Å². The Bertz CT molecular complexity index is 602. The van der Waals surface area contributed by atoms with Gasteiger partial charge in [0.15, 0.2) is 0 Å². The first-order chi connectivity index (χ1) is 8.72. The fraction of sp³-hybridized carbons (Fsp3) is 0.294. The largest absolute Gasteiger partial charge is 0.318 e. The van der Waals surface area contributed by atoms with E-state index < -0.39 is 0 Å². The standard InChI is InChI=1S/C17H19N/c1-3-6-15(18)12-11-14-10-9-13(2)16-7-4-5-8-17(14)16/h4-5,7-10,15H,3,6,18H2,1-2H3. The molecule has 0 amide bonds. The van der Waals surface area contributed by atoms with Gasteiger partial charge in [0.1, 0.15) is 0 Å². The number of hydrogen-bond donors (Lipinski definition) is 1. The van der Waals surface area contributed by atoms with Crippen molar-refractivity contribution in [3.63, 3.8) is 0 Å². The zero-order valence-electron chi connectivity index (χ0n) is 11.0. The zero-order valence-corrected chi connectivity index (χ0v) is 11.0. The topological polar surface area (TPSA) is 26.0 Å². The number of nitrogens with two attached hydrogens (primary N) is 1. The van der Waals surface area contributed by atoms with Gasteiger partial charge >= 0.3 is 0 Å². The highest BCUT2D eigenvalue weighted by Crippen LogP contribution is 2.21. The summed E-state index contributed by atoms with van der Waals surface area (Å²) < 4.78 is 0. The summed E-state index contributed by atoms with van der Waals surface area (Å²) in [6, 6.07) is 12.6. The SMILES string of the molecule is CCCC(N)C#Cc1ccc(C)c2ccccc12. The summed E-state index contributed by atoms with van der Waals surface area (Å²) in [6.45, 7) is 4.26. The van der Waals surface area contributed by atoms with Crippen molar-refractivity contribution in [3.05, 3.63) is 47.5 Å². The van der Waals surface area contributed by atoms with Crippen LogP contribution in [0.4, 0.5) is 0 Å². The average Bonchev–Trinajstić information content (AvgIpc) is 2.39. The van der Waals surface area contributed by atoms with E-state index in [-0.39, 0.29) is 6.04 Å². The van der Waals surface area contributed by atoms with Crippen molar-refractivity contribution in [3.8, 4) is 11.8 Å². The fourth-order valence-corrected chi connectivity index (χ4v) is 2.11. The van der Waals surface area contributed by atoms with Crippen LogP contribution in [0.15, 0.2) is 36.4 Å². The van der Waals surface area contributed by atoms with Gasteiger partial charge in [0.25, 0.3) is 0 Å². The van der Waals surface area contributed by atoms with Gasteiger partial charge in [-0.25, -0.2) is 0 Å². The molecule has 0 aliphatic carbocycles. The van der Waals surface area contributed by atoms with Gasteiger partial charge in [0, 0.05) is 5.56 Å². The minimum absolute atomic E-state index is 0.0185. The lowest BCUT2D eigenvalue weighted by atomic mass is 10.0. The van der Waals surface area contributed by atoms with Gasteiger partial charge in [-0.15, -0.1) is 0 Å². The normalized spacial score (nSPS) is 11.9. The minimum Gasteiger partial charge on any atom is -0.318 e. The maximum atomic E-state index is 5.93. The summed E-state index contributed by atoms with van der Waals surface area (Å²) in [6.07, 6.45) is 2.03. The molecule has 1 nitrogen and oxygen atoms in total. The molecule has 0 heterocycles. The van der Waals surface area contributed by atoms with E-state index in [0.717, 1.165) is 18.4 Å². The van der Waals surface area contributed by atoms with Gasteiger partial charge in [-0.05, 0) is 35.7 Å². The number of fused-ring (bicyclic) bond motifs is 1. The number of rotatable bonds is 2. The van der Waals surface area contributed by atoms with Crippen LogP contribution < -0.4 is 5.73 Å². The predicted molar refractivity (Wildman–Crippen MR) is 78.4 cm³/mol. The summed E-state index contributed by atoms with van der Waals surface area (Å²) >= 11 is 0. The molecule has 1 heteroatoms. The zero-order chi connectivity index (χ0) is 13.0. The van der Waals surface area contributed by atoms with Gasteiger partial charge in [-0.2, -0.15) is 0 Å². The molecule has 2 rings (SSSR count). The average molecular weight is 237 g/mol. The van der Waals surface area contributed by atoms with Gasteiger partial charge < -0.3 is 5.73 Å². The van der Waals surface area contributed by atoms with Crippen molar-refractivity contribution in [2.75, 3.05) is 0 Å². The van der Waals surface area contributed by atoms with Crippen LogP contribution in [0.3, 0.4) is 0 Å². The second-order valence-electron chi connectivity index (χ2n) is 4.64. The number of benzene rings is 2. The Kier molecular flexibility index (Phi) is 4.02. The fourth-order valence-electron chi connectivity index (χ4n) is 2.11. The van der Waals surface area contributed by atoms with Crippen molar-refractivity contribution < 1.29 is 0 Å². The Morgan fingerprint density at radius 3 is 2.56 bits per heavy atom. The van der Waals surface area contributed by atoms with Crippen LogP contribution >= 0.6 is 0 Å². The van der Waals surface area contributed by atoms with Crippen LogP contribution in [0.5, 0.6) is 0 Å². The van der Waals surface area contributed by atoms with Crippen LogP contribution in [0.25, 0.3) is 10.8 Å². The molecule has 0 aliphatic rings. The summed E-state index contributed by atoms with van der Waals surface area (Å²) in [7, 11) is 0. The third-order valence-corrected chi connectivity index (χ3v) is 3.13. The van der Waals surface area contributed by atoms with Gasteiger partial charge in [0.05, 0.1) is 6.04 Å². The molecule has 2 aromatic carbocycles. The van der Waals surface area contributed by atoms with E-state index in [1.54, 1.807) is 0 Å². The van der Waals surface area contributed by atoms with Crippen molar-refractivity contribution in [2.24, 2.45) is 5.73 Å². The van der Waals surface area contributed by atoms with E-state index in [1.165, 1.54) is 16.3 Å². The molecule has 0 bridgehead atoms. The molecular formula is C17H19N. The van der Waals surface area contributed by atoms with E-state index in [9.17, 15) is 0 Å². The molecule has 0 aliphatic heterocycles. The van der Waals surface area contributed by atoms with Crippen LogP contribution in [0, 0.1) is 18.8 Å². The number of hydrogen-bond acceptors (Lipinski definition) is 1. The molecular weight excluding hydrogens is 218 g/mol.